The first-order chi connectivity index (χ1) is 8.14. The molecule has 1 N–H and O–H groups in total. The van der Waals surface area contributed by atoms with E-state index in [9.17, 15) is 30.7 Å². The van der Waals surface area contributed by atoms with Crippen LogP contribution in [0.4, 0.5) is 36.6 Å². The van der Waals surface area contributed by atoms with E-state index in [1.165, 1.54) is 0 Å². The maximum Gasteiger partial charge on any atom is 0.419 e. The first kappa shape index (κ1) is 14.5. The minimum absolute atomic E-state index is 0.607. The number of pyridine rings is 1. The fourth-order valence-corrected chi connectivity index (χ4v) is 1.05. The van der Waals surface area contributed by atoms with E-state index < -0.39 is 36.5 Å². The van der Waals surface area contributed by atoms with Crippen molar-refractivity contribution in [2.24, 2.45) is 0 Å². The van der Waals surface area contributed by atoms with E-state index in [0.717, 1.165) is 12.3 Å². The molecule has 0 aromatic carbocycles. The molecule has 0 saturated heterocycles. The third-order valence-corrected chi connectivity index (χ3v) is 1.92. The molecule has 0 spiro atoms. The van der Waals surface area contributed by atoms with Crippen LogP contribution in [-0.2, 0) is 6.18 Å². The van der Waals surface area contributed by atoms with Crippen LogP contribution >= 0.6 is 0 Å². The number of alkyl halides is 7. The molecule has 0 saturated carbocycles. The Morgan fingerprint density at radius 3 is 2.28 bits per heavy atom. The molecule has 18 heavy (non-hydrogen) atoms. The first-order valence-electron chi connectivity index (χ1n) is 4.56. The Morgan fingerprint density at radius 2 is 1.78 bits per heavy atom. The van der Waals surface area contributed by atoms with Gasteiger partial charge in [0.1, 0.15) is 5.82 Å². The summed E-state index contributed by atoms with van der Waals surface area (Å²) >= 11 is 0. The molecular weight excluding hydrogens is 269 g/mol. The van der Waals surface area contributed by atoms with Gasteiger partial charge in [-0.05, 0) is 12.1 Å². The highest BCUT2D eigenvalue weighted by Crippen LogP contribution is 2.34. The van der Waals surface area contributed by atoms with Crippen LogP contribution in [0.15, 0.2) is 18.3 Å². The van der Waals surface area contributed by atoms with Crippen LogP contribution in [0, 0.1) is 0 Å². The SMILES string of the molecule is FC(F)C(F)(F)CNc1ncccc1C(F)(F)F. The zero-order valence-corrected chi connectivity index (χ0v) is 8.61. The lowest BCUT2D eigenvalue weighted by atomic mass is 10.2. The Bertz CT molecular complexity index is 402. The second-order valence-electron chi connectivity index (χ2n) is 3.31. The van der Waals surface area contributed by atoms with Crippen molar-refractivity contribution >= 4 is 5.82 Å². The average molecular weight is 276 g/mol. The molecule has 9 heteroatoms. The van der Waals surface area contributed by atoms with Gasteiger partial charge < -0.3 is 5.32 Å². The third-order valence-electron chi connectivity index (χ3n) is 1.92. The zero-order chi connectivity index (χ0) is 14.0. The molecule has 102 valence electrons. The highest BCUT2D eigenvalue weighted by molar-refractivity contribution is 5.45. The minimum Gasteiger partial charge on any atom is -0.363 e. The molecule has 0 radical (unpaired) electrons. The predicted molar refractivity (Wildman–Crippen MR) is 48.7 cm³/mol. The van der Waals surface area contributed by atoms with Gasteiger partial charge in [0, 0.05) is 6.20 Å². The van der Waals surface area contributed by atoms with E-state index in [1.807, 2.05) is 0 Å². The van der Waals surface area contributed by atoms with Crippen molar-refractivity contribution < 1.29 is 30.7 Å². The maximum absolute atomic E-state index is 12.5. The van der Waals surface area contributed by atoms with Gasteiger partial charge in [-0.1, -0.05) is 0 Å². The van der Waals surface area contributed by atoms with Gasteiger partial charge in [0.25, 0.3) is 0 Å². The van der Waals surface area contributed by atoms with Crippen LogP contribution in [0.2, 0.25) is 0 Å². The van der Waals surface area contributed by atoms with Crippen LogP contribution in [0.25, 0.3) is 0 Å². The summed E-state index contributed by atoms with van der Waals surface area (Å²) in [5.41, 5.74) is -1.30. The monoisotopic (exact) mass is 276 g/mol. The zero-order valence-electron chi connectivity index (χ0n) is 8.61. The van der Waals surface area contributed by atoms with Crippen LogP contribution in [-0.4, -0.2) is 23.9 Å². The van der Waals surface area contributed by atoms with Crippen molar-refractivity contribution in [2.45, 2.75) is 18.5 Å². The number of aromatic nitrogens is 1. The Labute approximate surface area is 96.8 Å². The molecular formula is C9H7F7N2. The van der Waals surface area contributed by atoms with Gasteiger partial charge in [-0.15, -0.1) is 0 Å². The van der Waals surface area contributed by atoms with Crippen molar-refractivity contribution in [3.63, 3.8) is 0 Å². The molecule has 0 unspecified atom stereocenters. The largest absolute Gasteiger partial charge is 0.419 e. The molecule has 0 fully saturated rings. The van der Waals surface area contributed by atoms with Crippen LogP contribution in [0.1, 0.15) is 5.56 Å². The summed E-state index contributed by atoms with van der Waals surface area (Å²) in [7, 11) is 0. The highest BCUT2D eigenvalue weighted by atomic mass is 19.4. The van der Waals surface area contributed by atoms with Gasteiger partial charge >= 0.3 is 18.5 Å². The molecule has 0 amide bonds. The van der Waals surface area contributed by atoms with E-state index in [-0.39, 0.29) is 0 Å². The molecule has 0 aliphatic carbocycles. The minimum atomic E-state index is -4.81. The summed E-state index contributed by atoms with van der Waals surface area (Å²) < 4.78 is 85.9. The smallest absolute Gasteiger partial charge is 0.363 e. The fourth-order valence-electron chi connectivity index (χ4n) is 1.05. The standard InChI is InChI=1S/C9H7F7N2/c10-7(11)8(12,13)4-18-6-5(9(14,15)16)2-1-3-17-6/h1-3,7H,4H2,(H,17,18). The number of rotatable bonds is 4. The lowest BCUT2D eigenvalue weighted by Gasteiger charge is -2.18. The lowest BCUT2D eigenvalue weighted by molar-refractivity contribution is -0.137. The summed E-state index contributed by atoms with van der Waals surface area (Å²) in [5.74, 6) is -5.34. The highest BCUT2D eigenvalue weighted by Gasteiger charge is 2.41. The average Bonchev–Trinajstić information content (AvgIpc) is 2.25. The summed E-state index contributed by atoms with van der Waals surface area (Å²) in [5, 5.41) is 1.58. The molecule has 1 aromatic rings. The van der Waals surface area contributed by atoms with Crippen molar-refractivity contribution in [2.75, 3.05) is 11.9 Å². The van der Waals surface area contributed by atoms with Gasteiger partial charge in [0.2, 0.25) is 0 Å². The first-order valence-corrected chi connectivity index (χ1v) is 4.56. The third kappa shape index (κ3) is 3.47. The van der Waals surface area contributed by atoms with Gasteiger partial charge in [-0.3, -0.25) is 0 Å². The van der Waals surface area contributed by atoms with Gasteiger partial charge in [-0.25, -0.2) is 13.8 Å². The van der Waals surface area contributed by atoms with Crippen LogP contribution in [0.5, 0.6) is 0 Å². The second kappa shape index (κ2) is 4.99. The normalized spacial score (nSPS) is 12.9. The molecule has 0 aliphatic heterocycles. The summed E-state index contributed by atoms with van der Waals surface area (Å²) in [4.78, 5) is 3.20. The second-order valence-corrected chi connectivity index (χ2v) is 3.31. The molecule has 0 bridgehead atoms. The van der Waals surface area contributed by atoms with Crippen molar-refractivity contribution in [3.8, 4) is 0 Å². The Kier molecular flexibility index (Phi) is 4.02. The summed E-state index contributed by atoms with van der Waals surface area (Å²) in [6.45, 7) is -1.63. The Balaban J connectivity index is 2.86. The quantitative estimate of drug-likeness (QED) is 0.852. The summed E-state index contributed by atoms with van der Waals surface area (Å²) in [6.07, 6.45) is -7.85. The van der Waals surface area contributed by atoms with Crippen LogP contribution in [0.3, 0.4) is 0 Å². The van der Waals surface area contributed by atoms with Gasteiger partial charge in [-0.2, -0.15) is 22.0 Å². The fraction of sp³-hybridized carbons (Fsp3) is 0.444. The van der Waals surface area contributed by atoms with Crippen molar-refractivity contribution in [1.29, 1.82) is 0 Å². The van der Waals surface area contributed by atoms with E-state index >= 15 is 0 Å². The van der Waals surface area contributed by atoms with Crippen LogP contribution < -0.4 is 5.32 Å². The van der Waals surface area contributed by atoms with Gasteiger partial charge in [0.05, 0.1) is 12.1 Å². The number of nitrogens with one attached hydrogen (secondary N) is 1. The number of halogens is 7. The number of hydrogen-bond donors (Lipinski definition) is 1. The van der Waals surface area contributed by atoms with Crippen molar-refractivity contribution in [3.05, 3.63) is 23.9 Å². The van der Waals surface area contributed by atoms with E-state index in [0.29, 0.717) is 6.07 Å². The number of hydrogen-bond acceptors (Lipinski definition) is 2. The Morgan fingerprint density at radius 1 is 1.17 bits per heavy atom. The molecule has 0 atom stereocenters. The molecule has 1 aromatic heterocycles. The number of nitrogens with zero attached hydrogens (tertiary/aromatic N) is 1. The van der Waals surface area contributed by atoms with Gasteiger partial charge in [0.15, 0.2) is 0 Å². The molecule has 1 rings (SSSR count). The Hall–Kier alpha value is -1.54. The lowest BCUT2D eigenvalue weighted by Crippen LogP contribution is -2.35. The molecule has 0 aliphatic rings. The van der Waals surface area contributed by atoms with Crippen molar-refractivity contribution in [1.82, 2.24) is 4.98 Å². The molecule has 1 heterocycles. The number of anilines is 1. The summed E-state index contributed by atoms with van der Waals surface area (Å²) in [6, 6.07) is 1.56. The van der Waals surface area contributed by atoms with E-state index in [2.05, 4.69) is 4.98 Å². The van der Waals surface area contributed by atoms with E-state index in [1.54, 1.807) is 5.32 Å². The van der Waals surface area contributed by atoms with E-state index in [4.69, 9.17) is 0 Å². The topological polar surface area (TPSA) is 24.9 Å². The maximum atomic E-state index is 12.5. The predicted octanol–water partition coefficient (Wildman–Crippen LogP) is 3.41. The molecule has 2 nitrogen and oxygen atoms in total.